The van der Waals surface area contributed by atoms with E-state index in [1.165, 1.54) is 12.3 Å². The van der Waals surface area contributed by atoms with Gasteiger partial charge in [-0.15, -0.1) is 4.73 Å². The van der Waals surface area contributed by atoms with Crippen molar-refractivity contribution >= 4 is 5.82 Å². The first-order valence-electron chi connectivity index (χ1n) is 4.84. The van der Waals surface area contributed by atoms with E-state index in [-0.39, 0.29) is 18.5 Å². The zero-order chi connectivity index (χ0) is 10.8. The molecule has 0 bridgehead atoms. The average molecular weight is 211 g/mol. The fraction of sp³-hybridized carbons (Fsp3) is 0.556. The molecule has 2 rings (SSSR count). The third-order valence-electron chi connectivity index (χ3n) is 2.37. The van der Waals surface area contributed by atoms with Crippen LogP contribution in [0.5, 0.6) is 0 Å². The molecule has 6 heteroatoms. The number of nitrogens with zero attached hydrogens (tertiary/aromatic N) is 2. The molecule has 1 fully saturated rings. The van der Waals surface area contributed by atoms with E-state index in [0.717, 1.165) is 17.6 Å². The Morgan fingerprint density at radius 1 is 1.73 bits per heavy atom. The van der Waals surface area contributed by atoms with Crippen LogP contribution in [-0.4, -0.2) is 27.5 Å². The fourth-order valence-electron chi connectivity index (χ4n) is 1.37. The molecular formula is C9H13N3O3. The first-order valence-corrected chi connectivity index (χ1v) is 4.84. The summed E-state index contributed by atoms with van der Waals surface area (Å²) in [6.45, 7) is -0.0958. The molecule has 3 N–H and O–H groups in total. The normalized spacial score (nSPS) is 17.4. The van der Waals surface area contributed by atoms with Gasteiger partial charge in [-0.05, 0) is 12.8 Å². The van der Waals surface area contributed by atoms with Crippen molar-refractivity contribution in [1.29, 1.82) is 0 Å². The van der Waals surface area contributed by atoms with E-state index < -0.39 is 5.69 Å². The van der Waals surface area contributed by atoms with Gasteiger partial charge in [-0.2, -0.15) is 4.98 Å². The van der Waals surface area contributed by atoms with Gasteiger partial charge in [0.15, 0.2) is 6.10 Å². The largest absolute Gasteiger partial charge is 0.404 e. The van der Waals surface area contributed by atoms with Crippen molar-refractivity contribution in [1.82, 2.24) is 9.71 Å². The van der Waals surface area contributed by atoms with Crippen LogP contribution < -0.4 is 16.3 Å². The number of aliphatic hydroxyl groups is 1. The summed E-state index contributed by atoms with van der Waals surface area (Å²) >= 11 is 0. The zero-order valence-corrected chi connectivity index (χ0v) is 8.17. The molecule has 1 aromatic rings. The molecule has 1 heterocycles. The Bertz CT molecular complexity index is 400. The molecule has 0 spiro atoms. The Hall–Kier alpha value is -1.56. The van der Waals surface area contributed by atoms with Crippen LogP contribution in [0.4, 0.5) is 5.82 Å². The molecule has 82 valence electrons. The summed E-state index contributed by atoms with van der Waals surface area (Å²) in [6, 6.07) is 1.47. The Labute approximate surface area is 86.3 Å². The molecule has 1 aliphatic carbocycles. The van der Waals surface area contributed by atoms with Crippen LogP contribution in [0.1, 0.15) is 12.8 Å². The second-order valence-electron chi connectivity index (χ2n) is 3.62. The van der Waals surface area contributed by atoms with Gasteiger partial charge in [-0.1, -0.05) is 0 Å². The van der Waals surface area contributed by atoms with Crippen LogP contribution in [0, 0.1) is 5.92 Å². The number of rotatable bonds is 4. The van der Waals surface area contributed by atoms with Crippen LogP contribution in [0.3, 0.4) is 0 Å². The Morgan fingerprint density at radius 2 is 2.47 bits per heavy atom. The van der Waals surface area contributed by atoms with E-state index in [1.54, 1.807) is 0 Å². The van der Waals surface area contributed by atoms with Gasteiger partial charge in [-0.3, -0.25) is 0 Å². The molecule has 1 atom stereocenters. The van der Waals surface area contributed by atoms with Crippen LogP contribution >= 0.6 is 0 Å². The van der Waals surface area contributed by atoms with E-state index in [9.17, 15) is 4.79 Å². The summed E-state index contributed by atoms with van der Waals surface area (Å²) in [5.41, 5.74) is 4.77. The van der Waals surface area contributed by atoms with Gasteiger partial charge in [0.1, 0.15) is 5.82 Å². The predicted octanol–water partition coefficient (Wildman–Crippen LogP) is -0.975. The molecule has 1 aromatic heterocycles. The summed E-state index contributed by atoms with van der Waals surface area (Å²) in [7, 11) is 0. The van der Waals surface area contributed by atoms with Gasteiger partial charge in [0.05, 0.1) is 12.8 Å². The summed E-state index contributed by atoms with van der Waals surface area (Å²) < 4.78 is 1.01. The van der Waals surface area contributed by atoms with Gasteiger partial charge < -0.3 is 15.7 Å². The minimum atomic E-state index is -0.561. The minimum Gasteiger partial charge on any atom is -0.404 e. The van der Waals surface area contributed by atoms with Crippen LogP contribution in [0.25, 0.3) is 0 Å². The van der Waals surface area contributed by atoms with Gasteiger partial charge >= 0.3 is 5.69 Å². The van der Waals surface area contributed by atoms with Crippen molar-refractivity contribution in [2.75, 3.05) is 12.3 Å². The number of anilines is 1. The van der Waals surface area contributed by atoms with E-state index >= 15 is 0 Å². The van der Waals surface area contributed by atoms with Gasteiger partial charge in [0.25, 0.3) is 0 Å². The molecule has 0 aliphatic heterocycles. The first-order chi connectivity index (χ1) is 7.20. The fourth-order valence-corrected chi connectivity index (χ4v) is 1.37. The van der Waals surface area contributed by atoms with Crippen molar-refractivity contribution in [2.24, 2.45) is 5.92 Å². The second-order valence-corrected chi connectivity index (χ2v) is 3.62. The maximum absolute atomic E-state index is 11.3. The minimum absolute atomic E-state index is 0.0958. The lowest BCUT2D eigenvalue weighted by atomic mass is 10.2. The predicted molar refractivity (Wildman–Crippen MR) is 53.1 cm³/mol. The molecular weight excluding hydrogens is 198 g/mol. The van der Waals surface area contributed by atoms with E-state index in [2.05, 4.69) is 4.98 Å². The van der Waals surface area contributed by atoms with Gasteiger partial charge in [0, 0.05) is 12.0 Å². The number of aliphatic hydroxyl groups excluding tert-OH is 1. The Balaban J connectivity index is 2.12. The van der Waals surface area contributed by atoms with Crippen molar-refractivity contribution in [3.8, 4) is 0 Å². The van der Waals surface area contributed by atoms with E-state index in [1.807, 2.05) is 0 Å². The van der Waals surface area contributed by atoms with Crippen LogP contribution in [0.2, 0.25) is 0 Å². The maximum atomic E-state index is 11.3. The van der Waals surface area contributed by atoms with Crippen molar-refractivity contribution in [3.05, 3.63) is 22.7 Å². The Morgan fingerprint density at radius 3 is 3.00 bits per heavy atom. The zero-order valence-electron chi connectivity index (χ0n) is 8.17. The first kappa shape index (κ1) is 9.97. The highest BCUT2D eigenvalue weighted by molar-refractivity contribution is 5.23. The molecule has 0 unspecified atom stereocenters. The topological polar surface area (TPSA) is 90.4 Å². The second kappa shape index (κ2) is 3.90. The number of aromatic nitrogens is 2. The van der Waals surface area contributed by atoms with Crippen molar-refractivity contribution in [3.63, 3.8) is 0 Å². The smallest absolute Gasteiger partial charge is 0.382 e. The van der Waals surface area contributed by atoms with E-state index in [0.29, 0.717) is 5.92 Å². The summed E-state index contributed by atoms with van der Waals surface area (Å²) in [5, 5.41) is 9.06. The molecule has 0 saturated heterocycles. The highest BCUT2D eigenvalue weighted by Crippen LogP contribution is 2.32. The Kier molecular flexibility index (Phi) is 2.59. The number of hydrogen-bond acceptors (Lipinski definition) is 5. The van der Waals surface area contributed by atoms with Gasteiger partial charge in [0.2, 0.25) is 0 Å². The molecule has 0 aromatic carbocycles. The summed E-state index contributed by atoms with van der Waals surface area (Å²) in [4.78, 5) is 20.1. The number of nitrogen functional groups attached to an aromatic ring is 1. The lowest BCUT2D eigenvalue weighted by Gasteiger charge is -2.16. The third-order valence-corrected chi connectivity index (χ3v) is 2.37. The molecule has 1 aliphatic rings. The summed E-state index contributed by atoms with van der Waals surface area (Å²) in [6.07, 6.45) is 3.15. The quantitative estimate of drug-likeness (QED) is 0.668. The maximum Gasteiger partial charge on any atom is 0.382 e. The van der Waals surface area contributed by atoms with Crippen LogP contribution in [-0.2, 0) is 0 Å². The van der Waals surface area contributed by atoms with Crippen molar-refractivity contribution < 1.29 is 9.94 Å². The lowest BCUT2D eigenvalue weighted by molar-refractivity contribution is -0.0171. The summed E-state index contributed by atoms with van der Waals surface area (Å²) in [5.74, 6) is 0.506. The molecule has 0 amide bonds. The highest BCUT2D eigenvalue weighted by Gasteiger charge is 2.33. The van der Waals surface area contributed by atoms with Gasteiger partial charge in [-0.25, -0.2) is 4.79 Å². The van der Waals surface area contributed by atoms with E-state index in [4.69, 9.17) is 15.7 Å². The number of hydrogen-bond donors (Lipinski definition) is 2. The number of nitrogens with two attached hydrogens (primary N) is 1. The van der Waals surface area contributed by atoms with Crippen LogP contribution in [0.15, 0.2) is 17.1 Å². The monoisotopic (exact) mass is 211 g/mol. The highest BCUT2D eigenvalue weighted by atomic mass is 16.7. The van der Waals surface area contributed by atoms with Crippen molar-refractivity contribution in [2.45, 2.75) is 18.9 Å². The lowest BCUT2D eigenvalue weighted by Crippen LogP contribution is -2.37. The third kappa shape index (κ3) is 2.27. The molecule has 1 saturated carbocycles. The molecule has 0 radical (unpaired) electrons. The SMILES string of the molecule is Nc1ccn(O[C@H](CO)C2CC2)c(=O)n1. The standard InChI is InChI=1S/C9H13N3O3/c10-8-3-4-12(9(14)11-8)15-7(5-13)6-1-2-6/h3-4,6-7,13H,1-2,5H2,(H2,10,11,14)/t7-/m1/s1. The average Bonchev–Trinajstić information content (AvgIpc) is 3.00. The molecule has 15 heavy (non-hydrogen) atoms. The molecule has 6 nitrogen and oxygen atoms in total.